The lowest BCUT2D eigenvalue weighted by Crippen LogP contribution is -2.40. The molecule has 0 aliphatic rings. The highest BCUT2D eigenvalue weighted by Crippen LogP contribution is 2.31. The van der Waals surface area contributed by atoms with Crippen molar-refractivity contribution in [2.45, 2.75) is 52.3 Å². The van der Waals surface area contributed by atoms with E-state index in [0.717, 1.165) is 0 Å². The quantitative estimate of drug-likeness (QED) is 0.812. The molecule has 0 spiro atoms. The Balaban J connectivity index is 3.08. The van der Waals surface area contributed by atoms with Crippen molar-refractivity contribution in [1.29, 1.82) is 0 Å². The molecule has 0 aromatic carbocycles. The van der Waals surface area contributed by atoms with Gasteiger partial charge < -0.3 is 15.2 Å². The monoisotopic (exact) mass is 255 g/mol. The Kier molecular flexibility index (Phi) is 4.76. The van der Waals surface area contributed by atoms with E-state index in [1.807, 2.05) is 27.7 Å². The molecule has 5 nitrogen and oxygen atoms in total. The van der Waals surface area contributed by atoms with Crippen LogP contribution in [0.5, 0.6) is 5.75 Å². The molecule has 1 unspecified atom stereocenters. The first-order valence-corrected chi connectivity index (χ1v) is 6.37. The number of hydrogen-bond acceptors (Lipinski definition) is 4. The largest absolute Gasteiger partial charge is 0.493 e. The van der Waals surface area contributed by atoms with Crippen molar-refractivity contribution in [3.8, 4) is 5.75 Å². The van der Waals surface area contributed by atoms with Crippen molar-refractivity contribution < 1.29 is 9.84 Å². The van der Waals surface area contributed by atoms with Gasteiger partial charge in [-0.3, -0.25) is 4.68 Å². The van der Waals surface area contributed by atoms with Gasteiger partial charge in [-0.25, -0.2) is 0 Å². The number of nitrogens with zero attached hydrogens (tertiary/aromatic N) is 2. The molecule has 0 aliphatic heterocycles. The van der Waals surface area contributed by atoms with Crippen LogP contribution in [-0.4, -0.2) is 34.6 Å². The zero-order chi connectivity index (χ0) is 13.9. The lowest BCUT2D eigenvalue weighted by atomic mass is 10.0. The number of ether oxygens (including phenoxy) is 1. The maximum Gasteiger partial charge on any atom is 0.162 e. The van der Waals surface area contributed by atoms with Crippen molar-refractivity contribution in [3.05, 3.63) is 11.9 Å². The molecule has 1 aromatic rings. The summed E-state index contributed by atoms with van der Waals surface area (Å²) < 4.78 is 7.10. The van der Waals surface area contributed by atoms with E-state index in [1.165, 1.54) is 0 Å². The number of aliphatic hydroxyl groups is 1. The standard InChI is InChI=1S/C13H25N3O2/c1-9(2)14-8-13(5,17)12-11(18-6)7-15-16(12)10(3)4/h7,9-10,14,17H,8H2,1-6H3. The highest BCUT2D eigenvalue weighted by atomic mass is 16.5. The summed E-state index contributed by atoms with van der Waals surface area (Å²) in [5, 5.41) is 18.2. The Morgan fingerprint density at radius 3 is 2.50 bits per heavy atom. The highest BCUT2D eigenvalue weighted by molar-refractivity contribution is 5.31. The van der Waals surface area contributed by atoms with Gasteiger partial charge in [-0.1, -0.05) is 13.8 Å². The van der Waals surface area contributed by atoms with E-state index < -0.39 is 5.60 Å². The maximum atomic E-state index is 10.7. The number of methoxy groups -OCH3 is 1. The number of hydrogen-bond donors (Lipinski definition) is 2. The molecule has 5 heteroatoms. The predicted octanol–water partition coefficient (Wildman–Crippen LogP) is 1.68. The fourth-order valence-corrected chi connectivity index (χ4v) is 1.89. The summed E-state index contributed by atoms with van der Waals surface area (Å²) in [5.74, 6) is 0.624. The molecule has 0 amide bonds. The van der Waals surface area contributed by atoms with Crippen molar-refractivity contribution in [2.75, 3.05) is 13.7 Å². The molecule has 1 atom stereocenters. The average Bonchev–Trinajstić information content (AvgIpc) is 2.71. The second-order valence-electron chi connectivity index (χ2n) is 5.41. The minimum absolute atomic E-state index is 0.175. The smallest absolute Gasteiger partial charge is 0.162 e. The maximum absolute atomic E-state index is 10.7. The molecule has 104 valence electrons. The number of aromatic nitrogens is 2. The van der Waals surface area contributed by atoms with Gasteiger partial charge >= 0.3 is 0 Å². The fraction of sp³-hybridized carbons (Fsp3) is 0.769. The van der Waals surface area contributed by atoms with Gasteiger partial charge in [-0.2, -0.15) is 5.10 Å². The van der Waals surface area contributed by atoms with Crippen molar-refractivity contribution >= 4 is 0 Å². The Bertz CT molecular complexity index is 384. The first kappa shape index (κ1) is 15.0. The van der Waals surface area contributed by atoms with Crippen LogP contribution in [0.2, 0.25) is 0 Å². The Hall–Kier alpha value is -1.07. The van der Waals surface area contributed by atoms with Crippen LogP contribution in [0.3, 0.4) is 0 Å². The van der Waals surface area contributed by atoms with Gasteiger partial charge in [0.25, 0.3) is 0 Å². The first-order valence-electron chi connectivity index (χ1n) is 6.37. The van der Waals surface area contributed by atoms with E-state index in [0.29, 0.717) is 24.0 Å². The van der Waals surface area contributed by atoms with Gasteiger partial charge in [0.1, 0.15) is 11.3 Å². The highest BCUT2D eigenvalue weighted by Gasteiger charge is 2.32. The summed E-state index contributed by atoms with van der Waals surface area (Å²) in [5.41, 5.74) is -0.302. The van der Waals surface area contributed by atoms with Gasteiger partial charge in [-0.15, -0.1) is 0 Å². The summed E-state index contributed by atoms with van der Waals surface area (Å²) in [6.07, 6.45) is 1.65. The normalized spacial score (nSPS) is 15.2. The molecule has 0 bridgehead atoms. The van der Waals surface area contributed by atoms with Crippen molar-refractivity contribution in [1.82, 2.24) is 15.1 Å². The third-order valence-electron chi connectivity index (χ3n) is 2.84. The van der Waals surface area contributed by atoms with Crippen LogP contribution in [-0.2, 0) is 5.60 Å². The van der Waals surface area contributed by atoms with Crippen LogP contribution in [0, 0.1) is 0 Å². The summed E-state index contributed by atoms with van der Waals surface area (Å²) in [6.45, 7) is 10.4. The van der Waals surface area contributed by atoms with Crippen LogP contribution in [0.15, 0.2) is 6.20 Å². The van der Waals surface area contributed by atoms with Gasteiger partial charge in [0.15, 0.2) is 5.75 Å². The molecule has 0 saturated heterocycles. The lowest BCUT2D eigenvalue weighted by Gasteiger charge is -2.28. The Labute approximate surface area is 109 Å². The zero-order valence-electron chi connectivity index (χ0n) is 12.2. The van der Waals surface area contributed by atoms with Gasteiger partial charge in [-0.05, 0) is 20.8 Å². The summed E-state index contributed by atoms with van der Waals surface area (Å²) in [4.78, 5) is 0. The fourth-order valence-electron chi connectivity index (χ4n) is 1.89. The SMILES string of the molecule is COc1cnn(C(C)C)c1C(C)(O)CNC(C)C. The molecule has 1 heterocycles. The lowest BCUT2D eigenvalue weighted by molar-refractivity contribution is 0.0418. The number of rotatable bonds is 6. The first-order chi connectivity index (χ1) is 8.29. The van der Waals surface area contributed by atoms with Crippen LogP contribution in [0.1, 0.15) is 46.4 Å². The zero-order valence-corrected chi connectivity index (χ0v) is 12.2. The van der Waals surface area contributed by atoms with Crippen molar-refractivity contribution in [2.24, 2.45) is 0 Å². The Morgan fingerprint density at radius 2 is 2.06 bits per heavy atom. The van der Waals surface area contributed by atoms with Crippen LogP contribution in [0.25, 0.3) is 0 Å². The second-order valence-corrected chi connectivity index (χ2v) is 5.41. The van der Waals surface area contributed by atoms with Crippen LogP contribution < -0.4 is 10.1 Å². The minimum atomic E-state index is -1.02. The molecule has 1 rings (SSSR count). The van der Waals surface area contributed by atoms with E-state index >= 15 is 0 Å². The minimum Gasteiger partial charge on any atom is -0.493 e. The molecule has 0 saturated carbocycles. The second kappa shape index (κ2) is 5.71. The summed E-state index contributed by atoms with van der Waals surface area (Å²) in [7, 11) is 1.59. The Morgan fingerprint density at radius 1 is 1.44 bits per heavy atom. The molecule has 2 N–H and O–H groups in total. The number of nitrogens with one attached hydrogen (secondary N) is 1. The summed E-state index contributed by atoms with van der Waals surface area (Å²) >= 11 is 0. The molecule has 0 radical (unpaired) electrons. The molecule has 0 fully saturated rings. The molecule has 1 aromatic heterocycles. The topological polar surface area (TPSA) is 59.3 Å². The van der Waals surface area contributed by atoms with E-state index in [4.69, 9.17) is 4.74 Å². The molecular formula is C13H25N3O2. The molecular weight excluding hydrogens is 230 g/mol. The van der Waals surface area contributed by atoms with E-state index in [2.05, 4.69) is 10.4 Å². The third-order valence-corrected chi connectivity index (χ3v) is 2.84. The van der Waals surface area contributed by atoms with Crippen LogP contribution in [0.4, 0.5) is 0 Å². The predicted molar refractivity (Wildman–Crippen MR) is 71.9 cm³/mol. The van der Waals surface area contributed by atoms with E-state index in [9.17, 15) is 5.11 Å². The van der Waals surface area contributed by atoms with E-state index in [-0.39, 0.29) is 6.04 Å². The molecule has 0 aliphatic carbocycles. The van der Waals surface area contributed by atoms with Crippen LogP contribution >= 0.6 is 0 Å². The van der Waals surface area contributed by atoms with Crippen molar-refractivity contribution in [3.63, 3.8) is 0 Å². The van der Waals surface area contributed by atoms with Gasteiger partial charge in [0, 0.05) is 18.6 Å². The average molecular weight is 255 g/mol. The molecule has 18 heavy (non-hydrogen) atoms. The van der Waals surface area contributed by atoms with Gasteiger partial charge in [0.2, 0.25) is 0 Å². The van der Waals surface area contributed by atoms with Gasteiger partial charge in [0.05, 0.1) is 13.3 Å². The van der Waals surface area contributed by atoms with E-state index in [1.54, 1.807) is 24.9 Å². The summed E-state index contributed by atoms with van der Waals surface area (Å²) in [6, 6.07) is 0.493. The third kappa shape index (κ3) is 3.23.